The highest BCUT2D eigenvalue weighted by atomic mass is 32.1. The molecule has 4 rings (SSSR count). The maximum Gasteiger partial charge on any atom is 0.0876 e. The van der Waals surface area contributed by atoms with Crippen LogP contribution in [0.5, 0.6) is 0 Å². The van der Waals surface area contributed by atoms with Crippen LogP contribution < -0.4 is 5.32 Å². The maximum atomic E-state index is 4.55. The van der Waals surface area contributed by atoms with Gasteiger partial charge in [-0.15, -0.1) is 28.6 Å². The standard InChI is InChI=1S/C22H25N3S2/c1-4-6-20-21(19-13-26-14-23-19)17-7-5-8-18(22(17)27-20)24-15-9-11-16(12-10-15)25(2)3/h5,7-8,13-16,24H,9-12H2,1-3H3. The molecule has 0 aliphatic heterocycles. The van der Waals surface area contributed by atoms with Crippen LogP contribution in [0.1, 0.15) is 37.5 Å². The minimum Gasteiger partial charge on any atom is -0.381 e. The van der Waals surface area contributed by atoms with Crippen LogP contribution >= 0.6 is 22.7 Å². The predicted molar refractivity (Wildman–Crippen MR) is 119 cm³/mol. The van der Waals surface area contributed by atoms with Crippen molar-refractivity contribution in [2.45, 2.75) is 44.7 Å². The number of thiazole rings is 1. The summed E-state index contributed by atoms with van der Waals surface area (Å²) in [6.07, 6.45) is 4.99. The topological polar surface area (TPSA) is 28.2 Å². The highest BCUT2D eigenvalue weighted by Crippen LogP contribution is 2.42. The molecule has 1 aliphatic carbocycles. The Kier molecular flexibility index (Phi) is 5.49. The number of rotatable bonds is 4. The van der Waals surface area contributed by atoms with Crippen molar-refractivity contribution in [1.29, 1.82) is 0 Å². The normalized spacial score (nSPS) is 19.9. The molecule has 3 aromatic rings. The molecule has 0 unspecified atom stereocenters. The summed E-state index contributed by atoms with van der Waals surface area (Å²) in [4.78, 5) is 8.04. The number of anilines is 1. The third kappa shape index (κ3) is 3.75. The summed E-state index contributed by atoms with van der Waals surface area (Å²) in [6.45, 7) is 1.90. The van der Waals surface area contributed by atoms with Crippen molar-refractivity contribution in [3.8, 4) is 23.1 Å². The SMILES string of the molecule is CC#Cc1sc2c(NC3CCC(N(C)C)CC3)cccc2c1-c1cscn1. The fourth-order valence-corrected chi connectivity index (χ4v) is 5.71. The third-order valence-electron chi connectivity index (χ3n) is 5.43. The van der Waals surface area contributed by atoms with E-state index in [9.17, 15) is 0 Å². The van der Waals surface area contributed by atoms with Gasteiger partial charge in [-0.25, -0.2) is 4.98 Å². The van der Waals surface area contributed by atoms with Crippen molar-refractivity contribution in [2.75, 3.05) is 19.4 Å². The molecule has 1 aromatic carbocycles. The molecule has 3 nitrogen and oxygen atoms in total. The first kappa shape index (κ1) is 18.5. The Morgan fingerprint density at radius 3 is 2.67 bits per heavy atom. The van der Waals surface area contributed by atoms with Crippen LogP contribution in [0.25, 0.3) is 21.3 Å². The molecule has 2 heterocycles. The summed E-state index contributed by atoms with van der Waals surface area (Å²) in [5.74, 6) is 6.38. The first-order valence-corrected chi connectivity index (χ1v) is 11.2. The van der Waals surface area contributed by atoms with Gasteiger partial charge >= 0.3 is 0 Å². The summed E-state index contributed by atoms with van der Waals surface area (Å²) in [7, 11) is 4.39. The monoisotopic (exact) mass is 395 g/mol. The van der Waals surface area contributed by atoms with E-state index in [2.05, 4.69) is 64.7 Å². The lowest BCUT2D eigenvalue weighted by atomic mass is 9.90. The third-order valence-corrected chi connectivity index (χ3v) is 7.17. The van der Waals surface area contributed by atoms with E-state index in [0.29, 0.717) is 6.04 Å². The zero-order valence-corrected chi connectivity index (χ0v) is 17.7. The van der Waals surface area contributed by atoms with E-state index in [0.717, 1.165) is 16.6 Å². The van der Waals surface area contributed by atoms with Gasteiger partial charge in [0.2, 0.25) is 0 Å². The molecule has 27 heavy (non-hydrogen) atoms. The number of hydrogen-bond acceptors (Lipinski definition) is 5. The van der Waals surface area contributed by atoms with Gasteiger partial charge in [0.05, 0.1) is 26.5 Å². The van der Waals surface area contributed by atoms with Gasteiger partial charge < -0.3 is 10.2 Å². The lowest BCUT2D eigenvalue weighted by molar-refractivity contribution is 0.221. The van der Waals surface area contributed by atoms with Crippen molar-refractivity contribution in [2.24, 2.45) is 0 Å². The second kappa shape index (κ2) is 8.02. The van der Waals surface area contributed by atoms with Crippen molar-refractivity contribution >= 4 is 38.4 Å². The van der Waals surface area contributed by atoms with Gasteiger partial charge in [0.1, 0.15) is 0 Å². The second-order valence-corrected chi connectivity index (χ2v) is 9.09. The summed E-state index contributed by atoms with van der Waals surface area (Å²) in [6, 6.07) is 7.85. The average Bonchev–Trinajstić information content (AvgIpc) is 3.30. The van der Waals surface area contributed by atoms with Crippen LogP contribution in [-0.2, 0) is 0 Å². The Morgan fingerprint density at radius 1 is 1.19 bits per heavy atom. The van der Waals surface area contributed by atoms with Crippen LogP contribution in [0.3, 0.4) is 0 Å². The van der Waals surface area contributed by atoms with Gasteiger partial charge in [0.25, 0.3) is 0 Å². The van der Waals surface area contributed by atoms with E-state index in [1.807, 2.05) is 12.4 Å². The van der Waals surface area contributed by atoms with Crippen LogP contribution in [-0.4, -0.2) is 36.1 Å². The first-order valence-electron chi connectivity index (χ1n) is 9.47. The number of benzene rings is 1. The molecule has 0 amide bonds. The lowest BCUT2D eigenvalue weighted by Crippen LogP contribution is -2.36. The minimum absolute atomic E-state index is 0.553. The van der Waals surface area contributed by atoms with Crippen LogP contribution in [0.2, 0.25) is 0 Å². The van der Waals surface area contributed by atoms with E-state index in [-0.39, 0.29) is 0 Å². The molecule has 1 fully saturated rings. The van der Waals surface area contributed by atoms with Gasteiger partial charge in [-0.3, -0.25) is 0 Å². The Hall–Kier alpha value is -1.87. The van der Waals surface area contributed by atoms with E-state index in [4.69, 9.17) is 0 Å². The van der Waals surface area contributed by atoms with Crippen molar-refractivity contribution in [3.05, 3.63) is 34.0 Å². The van der Waals surface area contributed by atoms with Gasteiger partial charge in [-0.1, -0.05) is 18.1 Å². The molecule has 0 saturated heterocycles. The molecule has 0 spiro atoms. The maximum absolute atomic E-state index is 4.55. The fraction of sp³-hybridized carbons (Fsp3) is 0.409. The number of hydrogen-bond donors (Lipinski definition) is 1. The highest BCUT2D eigenvalue weighted by Gasteiger charge is 2.23. The molecular formula is C22H25N3S2. The Labute approximate surface area is 169 Å². The number of nitrogens with zero attached hydrogens (tertiary/aromatic N) is 2. The van der Waals surface area contributed by atoms with E-state index < -0.39 is 0 Å². The highest BCUT2D eigenvalue weighted by molar-refractivity contribution is 7.21. The first-order chi connectivity index (χ1) is 13.2. The number of thiophene rings is 1. The molecule has 140 valence electrons. The molecule has 5 heteroatoms. The summed E-state index contributed by atoms with van der Waals surface area (Å²) in [5.41, 5.74) is 5.36. The zero-order valence-electron chi connectivity index (χ0n) is 16.1. The average molecular weight is 396 g/mol. The van der Waals surface area contributed by atoms with Gasteiger partial charge in [-0.05, 0) is 52.8 Å². The fourth-order valence-electron chi connectivity index (χ4n) is 3.98. The number of aromatic nitrogens is 1. The van der Waals surface area contributed by atoms with E-state index in [1.165, 1.54) is 47.0 Å². The lowest BCUT2D eigenvalue weighted by Gasteiger charge is -2.33. The smallest absolute Gasteiger partial charge is 0.0876 e. The van der Waals surface area contributed by atoms with Gasteiger partial charge in [-0.2, -0.15) is 0 Å². The van der Waals surface area contributed by atoms with Crippen molar-refractivity contribution in [3.63, 3.8) is 0 Å². The van der Waals surface area contributed by atoms with Crippen molar-refractivity contribution < 1.29 is 0 Å². The van der Waals surface area contributed by atoms with E-state index >= 15 is 0 Å². The molecule has 0 atom stereocenters. The Balaban J connectivity index is 1.67. The largest absolute Gasteiger partial charge is 0.381 e. The van der Waals surface area contributed by atoms with Crippen LogP contribution in [0.4, 0.5) is 5.69 Å². The van der Waals surface area contributed by atoms with Crippen molar-refractivity contribution in [1.82, 2.24) is 9.88 Å². The van der Waals surface area contributed by atoms with Crippen LogP contribution in [0.15, 0.2) is 29.1 Å². The second-order valence-electron chi connectivity index (χ2n) is 7.35. The summed E-state index contributed by atoms with van der Waals surface area (Å²) < 4.78 is 1.30. The Morgan fingerprint density at radius 2 is 2.00 bits per heavy atom. The molecule has 1 saturated carbocycles. The zero-order chi connectivity index (χ0) is 18.8. The van der Waals surface area contributed by atoms with E-state index in [1.54, 1.807) is 22.7 Å². The molecule has 1 N–H and O–H groups in total. The minimum atomic E-state index is 0.553. The quantitative estimate of drug-likeness (QED) is 0.576. The predicted octanol–water partition coefficient (Wildman–Crippen LogP) is 5.68. The van der Waals surface area contributed by atoms with Gasteiger partial charge in [0.15, 0.2) is 0 Å². The molecule has 2 aromatic heterocycles. The molecule has 1 aliphatic rings. The van der Waals surface area contributed by atoms with Crippen LogP contribution in [0, 0.1) is 11.8 Å². The summed E-state index contributed by atoms with van der Waals surface area (Å²) in [5, 5.41) is 7.21. The van der Waals surface area contributed by atoms with Gasteiger partial charge in [0, 0.05) is 28.4 Å². The molecule has 0 radical (unpaired) electrons. The number of nitrogens with one attached hydrogen (secondary N) is 1. The summed E-state index contributed by atoms with van der Waals surface area (Å²) >= 11 is 3.42. The molecule has 0 bridgehead atoms. The Bertz CT molecular complexity index is 968. The molecular weight excluding hydrogens is 370 g/mol. The number of fused-ring (bicyclic) bond motifs is 1.